The number of aromatic nitrogens is 3. The third-order valence-corrected chi connectivity index (χ3v) is 2.60. The van der Waals surface area contributed by atoms with Crippen LogP contribution < -0.4 is 4.74 Å². The first-order valence-electron chi connectivity index (χ1n) is 5.99. The number of halogens is 1. The first kappa shape index (κ1) is 14.0. The number of hydrogen-bond acceptors (Lipinski definition) is 4. The Kier molecular flexibility index (Phi) is 3.69. The lowest BCUT2D eigenvalue weighted by Crippen LogP contribution is -2.08. The highest BCUT2D eigenvalue weighted by Crippen LogP contribution is 2.27. The molecule has 20 heavy (non-hydrogen) atoms. The normalized spacial score (nSPS) is 10.8. The van der Waals surface area contributed by atoms with Crippen molar-refractivity contribution in [3.63, 3.8) is 0 Å². The number of carbonyl (C=O) groups is 1. The first-order valence-corrected chi connectivity index (χ1v) is 5.99. The van der Waals surface area contributed by atoms with Crippen molar-refractivity contribution >= 4 is 5.97 Å². The molecule has 1 aromatic heterocycles. The van der Waals surface area contributed by atoms with Crippen molar-refractivity contribution in [2.45, 2.75) is 20.0 Å². The van der Waals surface area contributed by atoms with Gasteiger partial charge in [-0.2, -0.15) is 0 Å². The zero-order valence-corrected chi connectivity index (χ0v) is 11.3. The Balaban J connectivity index is 2.45. The standard InChI is InChI=1S/C13H14FN3O3/c1-7(2)20-10-5-4-8(6-9(10)14)11-12(13(18)19)17(3)16-15-11/h4-7H,1-3H3,(H,18,19). The summed E-state index contributed by atoms with van der Waals surface area (Å²) >= 11 is 0. The van der Waals surface area contributed by atoms with Crippen LogP contribution >= 0.6 is 0 Å². The van der Waals surface area contributed by atoms with Gasteiger partial charge in [0.25, 0.3) is 0 Å². The number of aryl methyl sites for hydroxylation is 1. The van der Waals surface area contributed by atoms with E-state index in [-0.39, 0.29) is 23.2 Å². The number of ether oxygens (including phenoxy) is 1. The molecule has 0 fully saturated rings. The van der Waals surface area contributed by atoms with Gasteiger partial charge in [-0.25, -0.2) is 13.9 Å². The van der Waals surface area contributed by atoms with E-state index < -0.39 is 11.8 Å². The largest absolute Gasteiger partial charge is 0.488 e. The summed E-state index contributed by atoms with van der Waals surface area (Å²) in [5.74, 6) is -1.63. The molecule has 2 aromatic rings. The molecule has 0 unspecified atom stereocenters. The molecule has 1 aromatic carbocycles. The summed E-state index contributed by atoms with van der Waals surface area (Å²) in [5.41, 5.74) is 0.362. The second-order valence-electron chi connectivity index (χ2n) is 4.53. The Morgan fingerprint density at radius 3 is 2.70 bits per heavy atom. The Morgan fingerprint density at radius 1 is 1.45 bits per heavy atom. The van der Waals surface area contributed by atoms with E-state index in [1.165, 1.54) is 19.2 Å². The van der Waals surface area contributed by atoms with E-state index in [1.54, 1.807) is 19.9 Å². The molecule has 2 rings (SSSR count). The molecule has 0 bridgehead atoms. The molecule has 0 atom stereocenters. The monoisotopic (exact) mass is 279 g/mol. The van der Waals surface area contributed by atoms with Crippen LogP contribution in [0.5, 0.6) is 5.75 Å². The van der Waals surface area contributed by atoms with Crippen molar-refractivity contribution in [3.05, 3.63) is 29.7 Å². The molecule has 0 saturated heterocycles. The van der Waals surface area contributed by atoms with Gasteiger partial charge >= 0.3 is 5.97 Å². The summed E-state index contributed by atoms with van der Waals surface area (Å²) in [6, 6.07) is 4.19. The number of nitrogens with zero attached hydrogens (tertiary/aromatic N) is 3. The van der Waals surface area contributed by atoms with E-state index in [2.05, 4.69) is 10.3 Å². The highest BCUT2D eigenvalue weighted by Gasteiger charge is 2.20. The molecule has 0 spiro atoms. The smallest absolute Gasteiger partial charge is 0.356 e. The topological polar surface area (TPSA) is 77.2 Å². The van der Waals surface area contributed by atoms with E-state index >= 15 is 0 Å². The first-order chi connectivity index (χ1) is 9.40. The SMILES string of the molecule is CC(C)Oc1ccc(-c2nnn(C)c2C(=O)O)cc1F. The number of carboxylic acid groups (broad SMARTS) is 1. The number of aromatic carboxylic acids is 1. The summed E-state index contributed by atoms with van der Waals surface area (Å²) in [7, 11) is 1.46. The maximum Gasteiger partial charge on any atom is 0.356 e. The second-order valence-corrected chi connectivity index (χ2v) is 4.53. The second kappa shape index (κ2) is 5.28. The van der Waals surface area contributed by atoms with Gasteiger partial charge in [0.15, 0.2) is 17.3 Å². The van der Waals surface area contributed by atoms with Gasteiger partial charge in [-0.05, 0) is 32.0 Å². The molecule has 0 saturated carbocycles. The molecule has 6 nitrogen and oxygen atoms in total. The Bertz CT molecular complexity index is 652. The maximum absolute atomic E-state index is 13.9. The molecule has 106 valence electrons. The van der Waals surface area contributed by atoms with Crippen LogP contribution in [0.4, 0.5) is 4.39 Å². The van der Waals surface area contributed by atoms with Crippen molar-refractivity contribution in [2.75, 3.05) is 0 Å². The van der Waals surface area contributed by atoms with Crippen molar-refractivity contribution in [3.8, 4) is 17.0 Å². The molecule has 1 N–H and O–H groups in total. The van der Waals surface area contributed by atoms with Gasteiger partial charge < -0.3 is 9.84 Å². The van der Waals surface area contributed by atoms with Crippen molar-refractivity contribution in [1.29, 1.82) is 0 Å². The summed E-state index contributed by atoms with van der Waals surface area (Å²) in [4.78, 5) is 11.2. The summed E-state index contributed by atoms with van der Waals surface area (Å²) in [5, 5.41) is 16.5. The number of benzene rings is 1. The molecular formula is C13H14FN3O3. The molecule has 0 aliphatic rings. The lowest BCUT2D eigenvalue weighted by molar-refractivity contribution is 0.0686. The van der Waals surface area contributed by atoms with E-state index in [0.29, 0.717) is 5.56 Å². The van der Waals surface area contributed by atoms with Crippen LogP contribution in [0.1, 0.15) is 24.3 Å². The van der Waals surface area contributed by atoms with Crippen molar-refractivity contribution in [2.24, 2.45) is 7.05 Å². The van der Waals surface area contributed by atoms with Crippen LogP contribution in [0.25, 0.3) is 11.3 Å². The van der Waals surface area contributed by atoms with Crippen LogP contribution in [0.15, 0.2) is 18.2 Å². The maximum atomic E-state index is 13.9. The van der Waals surface area contributed by atoms with Gasteiger partial charge in [-0.15, -0.1) is 5.10 Å². The van der Waals surface area contributed by atoms with Gasteiger partial charge in [0.05, 0.1) is 6.10 Å². The van der Waals surface area contributed by atoms with Crippen molar-refractivity contribution in [1.82, 2.24) is 15.0 Å². The van der Waals surface area contributed by atoms with E-state index in [1.807, 2.05) is 0 Å². The van der Waals surface area contributed by atoms with Crippen LogP contribution in [-0.2, 0) is 7.05 Å². The molecule has 0 radical (unpaired) electrons. The zero-order valence-electron chi connectivity index (χ0n) is 11.3. The third-order valence-electron chi connectivity index (χ3n) is 2.60. The minimum Gasteiger partial charge on any atom is -0.488 e. The fourth-order valence-electron chi connectivity index (χ4n) is 1.79. The Hall–Kier alpha value is -2.44. The highest BCUT2D eigenvalue weighted by atomic mass is 19.1. The van der Waals surface area contributed by atoms with Gasteiger partial charge in [-0.3, -0.25) is 0 Å². The van der Waals surface area contributed by atoms with E-state index in [0.717, 1.165) is 4.68 Å². The fraction of sp³-hybridized carbons (Fsp3) is 0.308. The lowest BCUT2D eigenvalue weighted by atomic mass is 10.1. The van der Waals surface area contributed by atoms with E-state index in [9.17, 15) is 9.18 Å². The van der Waals surface area contributed by atoms with Crippen LogP contribution in [0.2, 0.25) is 0 Å². The van der Waals surface area contributed by atoms with Crippen molar-refractivity contribution < 1.29 is 19.0 Å². The van der Waals surface area contributed by atoms with Gasteiger partial charge in [-0.1, -0.05) is 5.21 Å². The fourth-order valence-corrected chi connectivity index (χ4v) is 1.79. The van der Waals surface area contributed by atoms with Crippen LogP contribution in [0.3, 0.4) is 0 Å². The number of hydrogen-bond donors (Lipinski definition) is 1. The summed E-state index contributed by atoms with van der Waals surface area (Å²) in [6.45, 7) is 3.58. The minimum absolute atomic E-state index is 0.0954. The summed E-state index contributed by atoms with van der Waals surface area (Å²) in [6.07, 6.45) is -0.151. The van der Waals surface area contributed by atoms with Crippen LogP contribution in [-0.4, -0.2) is 32.2 Å². The molecule has 7 heteroatoms. The molecule has 0 amide bonds. The molecule has 0 aliphatic carbocycles. The Labute approximate surface area is 114 Å². The predicted octanol–water partition coefficient (Wildman–Crippen LogP) is 2.11. The van der Waals surface area contributed by atoms with Gasteiger partial charge in [0.1, 0.15) is 5.69 Å². The van der Waals surface area contributed by atoms with Gasteiger partial charge in [0.2, 0.25) is 0 Å². The van der Waals surface area contributed by atoms with Gasteiger partial charge in [0, 0.05) is 12.6 Å². The number of rotatable bonds is 4. The van der Waals surface area contributed by atoms with Crippen LogP contribution in [0, 0.1) is 5.82 Å². The average Bonchev–Trinajstić information content (AvgIpc) is 2.73. The Morgan fingerprint density at radius 2 is 2.15 bits per heavy atom. The zero-order chi connectivity index (χ0) is 14.9. The predicted molar refractivity (Wildman–Crippen MR) is 69.1 cm³/mol. The molecular weight excluding hydrogens is 265 g/mol. The molecule has 1 heterocycles. The highest BCUT2D eigenvalue weighted by molar-refractivity contribution is 5.92. The number of carboxylic acids is 1. The minimum atomic E-state index is -1.17. The summed E-state index contributed by atoms with van der Waals surface area (Å²) < 4.78 is 20.3. The lowest BCUT2D eigenvalue weighted by Gasteiger charge is -2.11. The third kappa shape index (κ3) is 2.61. The quantitative estimate of drug-likeness (QED) is 0.927. The average molecular weight is 279 g/mol. The van der Waals surface area contributed by atoms with E-state index in [4.69, 9.17) is 9.84 Å². The molecule has 0 aliphatic heterocycles.